The number of benzene rings is 3. The first-order chi connectivity index (χ1) is 15.1. The number of carbonyl (C=O) groups excluding carboxylic acids is 1. The lowest BCUT2D eigenvalue weighted by Crippen LogP contribution is -2.55. The molecular weight excluding hydrogens is 384 g/mol. The average molecular weight is 415 g/mol. The van der Waals surface area contributed by atoms with Crippen molar-refractivity contribution >= 4 is 11.6 Å². The Morgan fingerprint density at radius 1 is 0.903 bits per heavy atom. The molecule has 0 aliphatic carbocycles. The van der Waals surface area contributed by atoms with Crippen molar-refractivity contribution < 1.29 is 9.53 Å². The second kappa shape index (κ2) is 9.25. The molecule has 1 aliphatic rings. The van der Waals surface area contributed by atoms with Gasteiger partial charge in [0.1, 0.15) is 11.4 Å². The van der Waals surface area contributed by atoms with Crippen molar-refractivity contribution in [1.29, 1.82) is 0 Å². The minimum atomic E-state index is -0.679. The number of rotatable bonds is 8. The highest BCUT2D eigenvalue weighted by atomic mass is 16.5. The first kappa shape index (κ1) is 21.0. The van der Waals surface area contributed by atoms with Crippen LogP contribution < -0.4 is 10.1 Å². The quantitative estimate of drug-likeness (QED) is 0.447. The van der Waals surface area contributed by atoms with E-state index in [2.05, 4.69) is 43.4 Å². The second-order valence-electron chi connectivity index (χ2n) is 8.20. The molecule has 1 N–H and O–H groups in total. The van der Waals surface area contributed by atoms with Gasteiger partial charge in [-0.15, -0.1) is 0 Å². The molecule has 0 radical (unpaired) electrons. The third kappa shape index (κ3) is 4.43. The Kier molecular flexibility index (Phi) is 6.26. The van der Waals surface area contributed by atoms with Gasteiger partial charge in [-0.25, -0.2) is 0 Å². The number of nitrogens with one attached hydrogen (secondary N) is 1. The summed E-state index contributed by atoms with van der Waals surface area (Å²) in [6.07, 6.45) is 3.42. The van der Waals surface area contributed by atoms with Crippen LogP contribution >= 0.6 is 0 Å². The minimum Gasteiger partial charge on any atom is -0.494 e. The molecule has 4 nitrogen and oxygen atoms in total. The summed E-state index contributed by atoms with van der Waals surface area (Å²) >= 11 is 0. The number of unbranched alkanes of at least 4 members (excludes halogenated alkanes) is 2. The number of nitrogens with zero attached hydrogens (tertiary/aromatic N) is 1. The van der Waals surface area contributed by atoms with Crippen molar-refractivity contribution in [1.82, 2.24) is 4.90 Å². The predicted octanol–water partition coefficient (Wildman–Crippen LogP) is 6.20. The van der Waals surface area contributed by atoms with E-state index in [1.165, 1.54) is 12.8 Å². The molecule has 1 atom stereocenters. The van der Waals surface area contributed by atoms with Gasteiger partial charge in [0.25, 0.3) is 5.91 Å². The van der Waals surface area contributed by atoms with Crippen LogP contribution in [-0.4, -0.2) is 17.4 Å². The molecule has 0 bridgehead atoms. The molecule has 0 saturated heterocycles. The number of hydrogen-bond donors (Lipinski definition) is 1. The van der Waals surface area contributed by atoms with E-state index in [9.17, 15) is 4.79 Å². The van der Waals surface area contributed by atoms with Crippen LogP contribution in [0.3, 0.4) is 0 Å². The van der Waals surface area contributed by atoms with Gasteiger partial charge in [-0.1, -0.05) is 74.4 Å². The van der Waals surface area contributed by atoms with Crippen molar-refractivity contribution in [2.75, 3.05) is 11.9 Å². The number of amides is 1. The van der Waals surface area contributed by atoms with Crippen molar-refractivity contribution in [3.05, 3.63) is 95.6 Å². The molecule has 1 heterocycles. The van der Waals surface area contributed by atoms with Gasteiger partial charge in [0.2, 0.25) is 0 Å². The molecular formula is C27H30N2O2. The van der Waals surface area contributed by atoms with Crippen LogP contribution in [0.5, 0.6) is 5.75 Å². The second-order valence-corrected chi connectivity index (χ2v) is 8.20. The Balaban J connectivity index is 1.64. The van der Waals surface area contributed by atoms with E-state index < -0.39 is 5.66 Å². The number of ether oxygens (including phenoxy) is 1. The van der Waals surface area contributed by atoms with E-state index in [1.54, 1.807) is 0 Å². The maximum atomic E-state index is 13.5. The van der Waals surface area contributed by atoms with Gasteiger partial charge in [-0.2, -0.15) is 0 Å². The zero-order valence-electron chi connectivity index (χ0n) is 18.3. The normalized spacial score (nSPS) is 17.7. The Morgan fingerprint density at radius 3 is 2.35 bits per heavy atom. The van der Waals surface area contributed by atoms with Crippen LogP contribution in [0.15, 0.2) is 78.9 Å². The van der Waals surface area contributed by atoms with Crippen LogP contribution in [0.2, 0.25) is 0 Å². The standard InChI is InChI=1S/C27H30N2O2/c1-3-4-10-19-31-23-17-15-22(16-18-23)27(2)28-25-14-9-8-13-24(25)26(30)29(27)20-21-11-6-5-7-12-21/h5-9,11-18,28H,3-4,10,19-20H2,1-2H3. The van der Waals surface area contributed by atoms with Gasteiger partial charge in [-0.3, -0.25) is 4.79 Å². The van der Waals surface area contributed by atoms with Crippen molar-refractivity contribution in [2.45, 2.75) is 45.3 Å². The topological polar surface area (TPSA) is 41.6 Å². The van der Waals surface area contributed by atoms with Crippen molar-refractivity contribution in [3.63, 3.8) is 0 Å². The van der Waals surface area contributed by atoms with Gasteiger partial charge < -0.3 is 15.0 Å². The minimum absolute atomic E-state index is 0.0283. The monoisotopic (exact) mass is 414 g/mol. The molecule has 3 aromatic rings. The summed E-state index contributed by atoms with van der Waals surface area (Å²) in [7, 11) is 0. The highest BCUT2D eigenvalue weighted by Crippen LogP contribution is 2.39. The van der Waals surface area contributed by atoms with Crippen LogP contribution in [0.4, 0.5) is 5.69 Å². The molecule has 3 aromatic carbocycles. The van der Waals surface area contributed by atoms with E-state index in [1.807, 2.05) is 59.5 Å². The third-order valence-corrected chi connectivity index (χ3v) is 5.94. The number of hydrogen-bond acceptors (Lipinski definition) is 3. The number of carbonyl (C=O) groups is 1. The van der Waals surface area contributed by atoms with Crippen LogP contribution in [-0.2, 0) is 12.2 Å². The fourth-order valence-corrected chi connectivity index (χ4v) is 4.10. The summed E-state index contributed by atoms with van der Waals surface area (Å²) in [6.45, 7) is 5.51. The first-order valence-corrected chi connectivity index (χ1v) is 11.1. The van der Waals surface area contributed by atoms with E-state index in [0.29, 0.717) is 12.1 Å². The largest absolute Gasteiger partial charge is 0.494 e. The van der Waals surface area contributed by atoms with Gasteiger partial charge in [0.15, 0.2) is 0 Å². The summed E-state index contributed by atoms with van der Waals surface area (Å²) in [5, 5.41) is 3.63. The van der Waals surface area contributed by atoms with Crippen molar-refractivity contribution in [3.8, 4) is 5.75 Å². The maximum Gasteiger partial charge on any atom is 0.258 e. The lowest BCUT2D eigenvalue weighted by Gasteiger charge is -2.47. The molecule has 0 spiro atoms. The third-order valence-electron chi connectivity index (χ3n) is 5.94. The van der Waals surface area contributed by atoms with E-state index in [0.717, 1.165) is 35.6 Å². The van der Waals surface area contributed by atoms with Crippen molar-refractivity contribution in [2.24, 2.45) is 0 Å². The number of anilines is 1. The SMILES string of the molecule is CCCCCOc1ccc(C2(C)Nc3ccccc3C(=O)N2Cc2ccccc2)cc1. The average Bonchev–Trinajstić information content (AvgIpc) is 2.80. The van der Waals surface area contributed by atoms with E-state index in [4.69, 9.17) is 4.74 Å². The smallest absolute Gasteiger partial charge is 0.258 e. The molecule has 1 aliphatic heterocycles. The van der Waals surface area contributed by atoms with Crippen LogP contribution in [0.1, 0.15) is 54.6 Å². The molecule has 0 aromatic heterocycles. The van der Waals surface area contributed by atoms with Gasteiger partial charge in [0, 0.05) is 12.2 Å². The summed E-state index contributed by atoms with van der Waals surface area (Å²) in [5.41, 5.74) is 3.00. The fraction of sp³-hybridized carbons (Fsp3) is 0.296. The highest BCUT2D eigenvalue weighted by molar-refractivity contribution is 6.02. The lowest BCUT2D eigenvalue weighted by molar-refractivity contribution is 0.0509. The summed E-state index contributed by atoms with van der Waals surface area (Å²) < 4.78 is 5.88. The van der Waals surface area contributed by atoms with E-state index in [-0.39, 0.29) is 5.91 Å². The van der Waals surface area contributed by atoms with Gasteiger partial charge >= 0.3 is 0 Å². The predicted molar refractivity (Wildman–Crippen MR) is 125 cm³/mol. The van der Waals surface area contributed by atoms with Crippen LogP contribution in [0.25, 0.3) is 0 Å². The molecule has 0 saturated carbocycles. The first-order valence-electron chi connectivity index (χ1n) is 11.1. The molecule has 4 heteroatoms. The zero-order chi connectivity index (χ0) is 21.7. The molecule has 1 amide bonds. The van der Waals surface area contributed by atoms with Gasteiger partial charge in [-0.05, 0) is 48.7 Å². The molecule has 31 heavy (non-hydrogen) atoms. The summed E-state index contributed by atoms with van der Waals surface area (Å²) in [6, 6.07) is 26.0. The molecule has 4 rings (SSSR count). The number of fused-ring (bicyclic) bond motifs is 1. The molecule has 1 unspecified atom stereocenters. The zero-order valence-corrected chi connectivity index (χ0v) is 18.3. The Hall–Kier alpha value is -3.27. The molecule has 0 fully saturated rings. The number of para-hydroxylation sites is 1. The molecule has 160 valence electrons. The summed E-state index contributed by atoms with van der Waals surface area (Å²) in [5.74, 6) is 0.890. The van der Waals surface area contributed by atoms with E-state index >= 15 is 0 Å². The van der Waals surface area contributed by atoms with Gasteiger partial charge in [0.05, 0.1) is 12.2 Å². The Labute approximate surface area is 184 Å². The van der Waals surface area contributed by atoms with Crippen LogP contribution in [0, 0.1) is 0 Å². The summed E-state index contributed by atoms with van der Waals surface area (Å²) in [4.78, 5) is 15.5. The maximum absolute atomic E-state index is 13.5. The fourth-order valence-electron chi connectivity index (χ4n) is 4.10. The lowest BCUT2D eigenvalue weighted by atomic mass is 9.93. The highest BCUT2D eigenvalue weighted by Gasteiger charge is 2.42. The Morgan fingerprint density at radius 2 is 1.61 bits per heavy atom. The Bertz CT molecular complexity index is 1020.